The van der Waals surface area contributed by atoms with Crippen molar-refractivity contribution in [3.05, 3.63) is 80.8 Å². The van der Waals surface area contributed by atoms with Crippen LogP contribution in [-0.4, -0.2) is 27.9 Å². The number of hydrogen-bond acceptors (Lipinski definition) is 6. The van der Waals surface area contributed by atoms with Gasteiger partial charge in [0.05, 0.1) is 11.6 Å². The lowest BCUT2D eigenvalue weighted by Crippen LogP contribution is -2.29. The Morgan fingerprint density at radius 2 is 2.10 bits per heavy atom. The number of carbonyl (C=O) groups is 2. The zero-order chi connectivity index (χ0) is 21.7. The fourth-order valence-electron chi connectivity index (χ4n) is 4.08. The van der Waals surface area contributed by atoms with Crippen LogP contribution < -0.4 is 9.64 Å². The molecule has 0 spiro atoms. The number of ether oxygens (including phenoxy) is 1. The number of Topliss-reactive ketones (excluding diaryl/α,β-unsaturated/α-hetero) is 1. The Bertz CT molecular complexity index is 1240. The third-order valence-electron chi connectivity index (χ3n) is 5.40. The summed E-state index contributed by atoms with van der Waals surface area (Å²) in [5, 5.41) is 13.4. The average Bonchev–Trinajstić information content (AvgIpc) is 3.45. The van der Waals surface area contributed by atoms with E-state index in [9.17, 15) is 14.7 Å². The minimum Gasteiger partial charge on any atom is -0.507 e. The van der Waals surface area contributed by atoms with Gasteiger partial charge in [-0.25, -0.2) is 4.98 Å². The Morgan fingerprint density at radius 1 is 1.26 bits per heavy atom. The van der Waals surface area contributed by atoms with Gasteiger partial charge in [0.15, 0.2) is 5.13 Å². The molecular formula is C23H17BrN2O4S. The fourth-order valence-corrected chi connectivity index (χ4v) is 5.17. The van der Waals surface area contributed by atoms with E-state index in [0.29, 0.717) is 16.3 Å². The monoisotopic (exact) mass is 496 g/mol. The number of aromatic nitrogens is 1. The van der Waals surface area contributed by atoms with Crippen LogP contribution in [0.4, 0.5) is 5.13 Å². The maximum Gasteiger partial charge on any atom is 0.301 e. The van der Waals surface area contributed by atoms with E-state index in [1.165, 1.54) is 16.2 Å². The largest absolute Gasteiger partial charge is 0.507 e. The zero-order valence-electron chi connectivity index (χ0n) is 16.4. The number of amides is 1. The van der Waals surface area contributed by atoms with Gasteiger partial charge in [0.1, 0.15) is 17.6 Å². The predicted molar refractivity (Wildman–Crippen MR) is 121 cm³/mol. The molecule has 156 valence electrons. The maximum atomic E-state index is 13.1. The summed E-state index contributed by atoms with van der Waals surface area (Å²) in [7, 11) is 0. The number of ketones is 1. The number of rotatable bonds is 3. The van der Waals surface area contributed by atoms with Crippen molar-refractivity contribution in [2.75, 3.05) is 4.90 Å². The molecule has 6 nitrogen and oxygen atoms in total. The summed E-state index contributed by atoms with van der Waals surface area (Å²) in [5.41, 5.74) is 2.19. The van der Waals surface area contributed by atoms with Gasteiger partial charge >= 0.3 is 5.91 Å². The van der Waals surface area contributed by atoms with Crippen molar-refractivity contribution >= 4 is 49.8 Å². The second kappa shape index (κ2) is 7.62. The average molecular weight is 497 g/mol. The van der Waals surface area contributed by atoms with Crippen molar-refractivity contribution < 1.29 is 19.4 Å². The molecule has 1 aromatic heterocycles. The smallest absolute Gasteiger partial charge is 0.301 e. The van der Waals surface area contributed by atoms with E-state index in [1.807, 2.05) is 37.3 Å². The summed E-state index contributed by atoms with van der Waals surface area (Å²) in [6, 6.07) is 11.9. The second-order valence-corrected chi connectivity index (χ2v) is 9.28. The second-order valence-electron chi connectivity index (χ2n) is 7.49. The van der Waals surface area contributed by atoms with Crippen molar-refractivity contribution in [2.24, 2.45) is 0 Å². The van der Waals surface area contributed by atoms with Crippen LogP contribution in [0, 0.1) is 0 Å². The molecule has 3 aromatic rings. The van der Waals surface area contributed by atoms with Gasteiger partial charge in [0.25, 0.3) is 5.78 Å². The molecule has 1 saturated heterocycles. The van der Waals surface area contributed by atoms with Gasteiger partial charge in [-0.3, -0.25) is 14.5 Å². The van der Waals surface area contributed by atoms with E-state index in [4.69, 9.17) is 4.74 Å². The number of thiazole rings is 1. The Hall–Kier alpha value is -2.97. The van der Waals surface area contributed by atoms with Crippen molar-refractivity contribution in [1.29, 1.82) is 0 Å². The molecule has 2 aliphatic rings. The molecule has 2 aliphatic heterocycles. The highest BCUT2D eigenvalue weighted by atomic mass is 79.9. The molecule has 0 radical (unpaired) electrons. The molecule has 0 saturated carbocycles. The summed E-state index contributed by atoms with van der Waals surface area (Å²) < 4.78 is 6.54. The van der Waals surface area contributed by atoms with Crippen LogP contribution in [0.2, 0.25) is 0 Å². The molecule has 0 bridgehead atoms. The van der Waals surface area contributed by atoms with Gasteiger partial charge < -0.3 is 9.84 Å². The van der Waals surface area contributed by atoms with Crippen LogP contribution in [0.1, 0.15) is 29.7 Å². The topological polar surface area (TPSA) is 79.7 Å². The Labute approximate surface area is 190 Å². The summed E-state index contributed by atoms with van der Waals surface area (Å²) in [4.78, 5) is 31.7. The van der Waals surface area contributed by atoms with E-state index < -0.39 is 17.7 Å². The van der Waals surface area contributed by atoms with Gasteiger partial charge in [-0.2, -0.15) is 0 Å². The van der Waals surface area contributed by atoms with Gasteiger partial charge in [0.2, 0.25) is 0 Å². The number of aliphatic hydroxyl groups excluding tert-OH is 1. The van der Waals surface area contributed by atoms with Crippen molar-refractivity contribution in [2.45, 2.75) is 25.5 Å². The lowest BCUT2D eigenvalue weighted by atomic mass is 9.94. The van der Waals surface area contributed by atoms with E-state index in [0.717, 1.165) is 22.2 Å². The summed E-state index contributed by atoms with van der Waals surface area (Å²) in [5.74, 6) is -0.872. The van der Waals surface area contributed by atoms with Gasteiger partial charge in [-0.05, 0) is 48.4 Å². The van der Waals surface area contributed by atoms with Crippen molar-refractivity contribution in [1.82, 2.24) is 4.98 Å². The standard InChI is InChI=1S/C23H17BrN2O4S/c1-12-9-15-10-14(5-6-17(15)30-12)20(27)18-19(13-3-2-4-16(24)11-13)26(22(29)21(18)28)23-25-7-8-31-23/h2-8,10-12,19,27H,9H2,1H3/b20-18+/t12-,19+/m1/s1. The number of benzene rings is 2. The first-order valence-corrected chi connectivity index (χ1v) is 11.4. The quantitative estimate of drug-likeness (QED) is 0.318. The third-order valence-corrected chi connectivity index (χ3v) is 6.67. The Morgan fingerprint density at radius 3 is 2.84 bits per heavy atom. The molecule has 3 heterocycles. The van der Waals surface area contributed by atoms with Crippen LogP contribution in [0.25, 0.3) is 5.76 Å². The van der Waals surface area contributed by atoms with Crippen LogP contribution in [0.5, 0.6) is 5.75 Å². The normalized spacial score (nSPS) is 21.9. The number of nitrogens with zero attached hydrogens (tertiary/aromatic N) is 2. The maximum absolute atomic E-state index is 13.1. The number of aliphatic hydroxyl groups is 1. The molecule has 0 unspecified atom stereocenters. The van der Waals surface area contributed by atoms with E-state index >= 15 is 0 Å². The molecule has 5 rings (SSSR count). The van der Waals surface area contributed by atoms with Crippen LogP contribution >= 0.6 is 27.3 Å². The molecule has 1 N–H and O–H groups in total. The lowest BCUT2D eigenvalue weighted by Gasteiger charge is -2.23. The van der Waals surface area contributed by atoms with Gasteiger partial charge in [-0.15, -0.1) is 11.3 Å². The highest BCUT2D eigenvalue weighted by molar-refractivity contribution is 9.10. The van der Waals surface area contributed by atoms with Crippen LogP contribution in [0.3, 0.4) is 0 Å². The Kier molecular flexibility index (Phi) is 4.91. The highest BCUT2D eigenvalue weighted by Crippen LogP contribution is 2.43. The fraction of sp³-hybridized carbons (Fsp3) is 0.174. The first-order chi connectivity index (χ1) is 14.9. The molecule has 31 heavy (non-hydrogen) atoms. The number of fused-ring (bicyclic) bond motifs is 1. The Balaban J connectivity index is 1.69. The first-order valence-electron chi connectivity index (χ1n) is 9.70. The zero-order valence-corrected chi connectivity index (χ0v) is 18.8. The molecule has 2 atom stereocenters. The van der Waals surface area contributed by atoms with Gasteiger partial charge in [0, 0.05) is 28.0 Å². The van der Waals surface area contributed by atoms with Gasteiger partial charge in [-0.1, -0.05) is 28.1 Å². The SMILES string of the molecule is C[C@@H]1Cc2cc(/C(O)=C3\C(=O)C(=O)N(c4nccs4)[C@H]3c3cccc(Br)c3)ccc2O1. The molecule has 1 fully saturated rings. The summed E-state index contributed by atoms with van der Waals surface area (Å²) in [6.45, 7) is 1.98. The molecule has 2 aromatic carbocycles. The van der Waals surface area contributed by atoms with Crippen molar-refractivity contribution in [3.63, 3.8) is 0 Å². The molecular weight excluding hydrogens is 480 g/mol. The predicted octanol–water partition coefficient (Wildman–Crippen LogP) is 4.86. The third kappa shape index (κ3) is 3.36. The molecule has 8 heteroatoms. The van der Waals surface area contributed by atoms with Crippen LogP contribution in [0.15, 0.2) is 64.1 Å². The van der Waals surface area contributed by atoms with E-state index in [2.05, 4.69) is 20.9 Å². The summed E-state index contributed by atoms with van der Waals surface area (Å²) >= 11 is 4.72. The van der Waals surface area contributed by atoms with E-state index in [1.54, 1.807) is 23.7 Å². The number of anilines is 1. The summed E-state index contributed by atoms with van der Waals surface area (Å²) in [6.07, 6.45) is 2.36. The minimum atomic E-state index is -0.785. The lowest BCUT2D eigenvalue weighted by molar-refractivity contribution is -0.132. The van der Waals surface area contributed by atoms with E-state index in [-0.39, 0.29) is 17.4 Å². The van der Waals surface area contributed by atoms with Crippen molar-refractivity contribution in [3.8, 4) is 5.75 Å². The first kappa shape index (κ1) is 20.0. The number of halogens is 1. The number of carbonyl (C=O) groups excluding carboxylic acids is 2. The molecule has 1 amide bonds. The minimum absolute atomic E-state index is 0.0465. The number of hydrogen-bond donors (Lipinski definition) is 1. The highest BCUT2D eigenvalue weighted by Gasteiger charge is 2.48. The van der Waals surface area contributed by atoms with Crippen LogP contribution in [-0.2, 0) is 16.0 Å². The molecule has 0 aliphatic carbocycles.